The van der Waals surface area contributed by atoms with Gasteiger partial charge >= 0.3 is 11.9 Å². The third kappa shape index (κ3) is 1.08. The summed E-state index contributed by atoms with van der Waals surface area (Å²) in [5.41, 5.74) is -1.44. The summed E-state index contributed by atoms with van der Waals surface area (Å²) in [6.45, 7) is 6.04. The first kappa shape index (κ1) is 12.0. The van der Waals surface area contributed by atoms with Gasteiger partial charge in [-0.15, -0.1) is 0 Å². The van der Waals surface area contributed by atoms with E-state index in [2.05, 4.69) is 6.92 Å². The third-order valence-corrected chi connectivity index (χ3v) is 5.39. The van der Waals surface area contributed by atoms with Crippen LogP contribution in [0.5, 0.6) is 0 Å². The van der Waals surface area contributed by atoms with Crippen molar-refractivity contribution in [2.75, 3.05) is 0 Å². The minimum absolute atomic E-state index is 0.0649. The van der Waals surface area contributed by atoms with Gasteiger partial charge in [0.2, 0.25) is 5.60 Å². The van der Waals surface area contributed by atoms with Crippen molar-refractivity contribution < 1.29 is 19.1 Å². The third-order valence-electron chi connectivity index (χ3n) is 5.39. The molecule has 0 N–H and O–H groups in total. The summed E-state index contributed by atoms with van der Waals surface area (Å²) in [6, 6.07) is 0. The zero-order chi connectivity index (χ0) is 13.1. The molecule has 0 radical (unpaired) electrons. The van der Waals surface area contributed by atoms with Gasteiger partial charge in [-0.1, -0.05) is 27.2 Å². The second-order valence-corrected chi connectivity index (χ2v) is 5.85. The Morgan fingerprint density at radius 3 is 2.44 bits per heavy atom. The van der Waals surface area contributed by atoms with Gasteiger partial charge in [0.1, 0.15) is 5.60 Å². The summed E-state index contributed by atoms with van der Waals surface area (Å²) in [5.74, 6) is -0.404. The Hall–Kier alpha value is -1.06. The molecule has 0 bridgehead atoms. The molecule has 2 saturated heterocycles. The molecule has 100 valence electrons. The van der Waals surface area contributed by atoms with E-state index in [1.807, 2.05) is 13.8 Å². The van der Waals surface area contributed by atoms with Crippen LogP contribution in [0.4, 0.5) is 0 Å². The summed E-state index contributed by atoms with van der Waals surface area (Å²) in [5, 5.41) is 0. The van der Waals surface area contributed by atoms with Crippen molar-refractivity contribution in [3.05, 3.63) is 0 Å². The summed E-state index contributed by atoms with van der Waals surface area (Å²) in [7, 11) is 0. The van der Waals surface area contributed by atoms with Crippen LogP contribution in [0.1, 0.15) is 46.5 Å². The summed E-state index contributed by atoms with van der Waals surface area (Å²) in [4.78, 5) is 24.4. The van der Waals surface area contributed by atoms with Crippen molar-refractivity contribution in [1.82, 2.24) is 0 Å². The molecule has 18 heavy (non-hydrogen) atoms. The van der Waals surface area contributed by atoms with Crippen LogP contribution in [0.2, 0.25) is 0 Å². The molecule has 3 fully saturated rings. The van der Waals surface area contributed by atoms with Crippen molar-refractivity contribution >= 4 is 11.9 Å². The molecule has 1 aliphatic carbocycles. The van der Waals surface area contributed by atoms with Crippen LogP contribution in [-0.2, 0) is 19.1 Å². The highest BCUT2D eigenvalue weighted by Gasteiger charge is 2.77. The number of esters is 2. The normalized spacial score (nSPS) is 49.2. The second-order valence-electron chi connectivity index (χ2n) is 5.85. The molecule has 4 heteroatoms. The molecule has 0 aromatic rings. The molecule has 0 aromatic heterocycles. The van der Waals surface area contributed by atoms with Crippen LogP contribution in [0.15, 0.2) is 0 Å². The molecule has 0 aromatic carbocycles. The standard InChI is InChI=1S/C14H20O4/c1-4-8-7-13(5-2)10-9(8)11(15)17-14(10,6-3)12(16)18-13/h8-10H,4-7H2,1-3H3/t8?,9?,10?,13-,14+/m1/s1. The van der Waals surface area contributed by atoms with E-state index in [9.17, 15) is 9.59 Å². The molecule has 0 amide bonds. The average Bonchev–Trinajstić information content (AvgIpc) is 2.93. The summed E-state index contributed by atoms with van der Waals surface area (Å²) in [6.07, 6.45) is 3.05. The molecule has 3 unspecified atom stereocenters. The van der Waals surface area contributed by atoms with E-state index >= 15 is 0 Å². The van der Waals surface area contributed by atoms with E-state index in [1.165, 1.54) is 0 Å². The first-order valence-electron chi connectivity index (χ1n) is 7.01. The maximum atomic E-state index is 12.2. The van der Waals surface area contributed by atoms with E-state index in [-0.39, 0.29) is 23.8 Å². The quantitative estimate of drug-likeness (QED) is 0.721. The number of carbonyl (C=O) groups excluding carboxylic acids is 2. The van der Waals surface area contributed by atoms with Crippen LogP contribution in [0, 0.1) is 17.8 Å². The van der Waals surface area contributed by atoms with Gasteiger partial charge in [0, 0.05) is 0 Å². The fourth-order valence-electron chi connectivity index (χ4n) is 4.47. The molecule has 2 aliphatic heterocycles. The first-order valence-corrected chi connectivity index (χ1v) is 7.01. The Balaban J connectivity index is 2.12. The van der Waals surface area contributed by atoms with E-state index < -0.39 is 11.2 Å². The fourth-order valence-corrected chi connectivity index (χ4v) is 4.47. The van der Waals surface area contributed by atoms with Crippen molar-refractivity contribution in [2.45, 2.75) is 57.7 Å². The molecule has 0 spiro atoms. The van der Waals surface area contributed by atoms with Crippen LogP contribution in [0.25, 0.3) is 0 Å². The number of ether oxygens (including phenoxy) is 2. The van der Waals surface area contributed by atoms with E-state index in [1.54, 1.807) is 0 Å². The lowest BCUT2D eigenvalue weighted by atomic mass is 9.75. The van der Waals surface area contributed by atoms with Gasteiger partial charge in [-0.05, 0) is 25.2 Å². The van der Waals surface area contributed by atoms with E-state index in [0.29, 0.717) is 12.3 Å². The van der Waals surface area contributed by atoms with Crippen molar-refractivity contribution in [3.8, 4) is 0 Å². The Morgan fingerprint density at radius 2 is 1.89 bits per heavy atom. The van der Waals surface area contributed by atoms with Gasteiger partial charge in [0.15, 0.2) is 0 Å². The molecule has 5 atom stereocenters. The highest BCUT2D eigenvalue weighted by atomic mass is 16.6. The van der Waals surface area contributed by atoms with E-state index in [4.69, 9.17) is 9.47 Å². The average molecular weight is 252 g/mol. The SMILES string of the molecule is CCC1C[C@@]2(CC)OC(=O)[C@@]3(CC)OC(=O)C1C23. The second kappa shape index (κ2) is 3.49. The highest BCUT2D eigenvalue weighted by Crippen LogP contribution is 2.63. The lowest BCUT2D eigenvalue weighted by Gasteiger charge is -2.27. The zero-order valence-corrected chi connectivity index (χ0v) is 11.2. The predicted molar refractivity (Wildman–Crippen MR) is 63.6 cm³/mol. The smallest absolute Gasteiger partial charge is 0.351 e. The maximum absolute atomic E-state index is 12.2. The van der Waals surface area contributed by atoms with Crippen molar-refractivity contribution in [3.63, 3.8) is 0 Å². The van der Waals surface area contributed by atoms with Gasteiger partial charge in [-0.3, -0.25) is 4.79 Å². The van der Waals surface area contributed by atoms with Gasteiger partial charge in [0.05, 0.1) is 11.8 Å². The topological polar surface area (TPSA) is 52.6 Å². The van der Waals surface area contributed by atoms with Crippen LogP contribution in [0.3, 0.4) is 0 Å². The van der Waals surface area contributed by atoms with E-state index in [0.717, 1.165) is 19.3 Å². The van der Waals surface area contributed by atoms with Crippen molar-refractivity contribution in [1.29, 1.82) is 0 Å². The van der Waals surface area contributed by atoms with Crippen LogP contribution >= 0.6 is 0 Å². The number of hydrogen-bond donors (Lipinski definition) is 0. The molecule has 3 aliphatic rings. The molecule has 2 heterocycles. The maximum Gasteiger partial charge on any atom is 0.351 e. The molecular formula is C14H20O4. The minimum Gasteiger partial charge on any atom is -0.456 e. The Labute approximate surface area is 107 Å². The van der Waals surface area contributed by atoms with Gasteiger partial charge in [-0.25, -0.2) is 4.79 Å². The van der Waals surface area contributed by atoms with Gasteiger partial charge < -0.3 is 9.47 Å². The predicted octanol–water partition coefficient (Wildman–Crippen LogP) is 2.06. The molecule has 1 saturated carbocycles. The lowest BCUT2D eigenvalue weighted by molar-refractivity contribution is -0.170. The molecular weight excluding hydrogens is 232 g/mol. The van der Waals surface area contributed by atoms with Crippen LogP contribution in [-0.4, -0.2) is 23.1 Å². The zero-order valence-electron chi connectivity index (χ0n) is 11.2. The summed E-state index contributed by atoms with van der Waals surface area (Å²) < 4.78 is 11.2. The monoisotopic (exact) mass is 252 g/mol. The first-order chi connectivity index (χ1) is 8.54. The Kier molecular flexibility index (Phi) is 2.32. The molecule has 3 rings (SSSR count). The Morgan fingerprint density at radius 1 is 1.17 bits per heavy atom. The largest absolute Gasteiger partial charge is 0.456 e. The fraction of sp³-hybridized carbons (Fsp3) is 0.857. The minimum atomic E-state index is -0.984. The van der Waals surface area contributed by atoms with Crippen LogP contribution < -0.4 is 0 Å². The van der Waals surface area contributed by atoms with Gasteiger partial charge in [-0.2, -0.15) is 0 Å². The van der Waals surface area contributed by atoms with Crippen molar-refractivity contribution in [2.24, 2.45) is 17.8 Å². The number of carbonyl (C=O) groups is 2. The number of hydrogen-bond acceptors (Lipinski definition) is 4. The highest BCUT2D eigenvalue weighted by molar-refractivity contribution is 5.92. The number of rotatable bonds is 3. The molecule has 4 nitrogen and oxygen atoms in total. The van der Waals surface area contributed by atoms with Gasteiger partial charge in [0.25, 0.3) is 0 Å². The summed E-state index contributed by atoms with van der Waals surface area (Å²) >= 11 is 0. The lowest BCUT2D eigenvalue weighted by Crippen LogP contribution is -2.42. The Bertz CT molecular complexity index is 418.